The van der Waals surface area contributed by atoms with Gasteiger partial charge in [0.1, 0.15) is 11.6 Å². The Morgan fingerprint density at radius 2 is 2.04 bits per heavy atom. The van der Waals surface area contributed by atoms with E-state index in [2.05, 4.69) is 27.6 Å². The molecule has 0 aliphatic carbocycles. The summed E-state index contributed by atoms with van der Waals surface area (Å²) in [7, 11) is 0. The highest BCUT2D eigenvalue weighted by molar-refractivity contribution is 7.99. The van der Waals surface area contributed by atoms with Gasteiger partial charge >= 0.3 is 0 Å². The van der Waals surface area contributed by atoms with E-state index in [1.54, 1.807) is 6.26 Å². The Labute approximate surface area is 163 Å². The summed E-state index contributed by atoms with van der Waals surface area (Å²) in [5, 5.41) is 12.4. The maximum Gasteiger partial charge on any atom is 0.230 e. The number of nitrogens with one attached hydrogen (secondary N) is 1. The Morgan fingerprint density at radius 3 is 2.74 bits per heavy atom. The Bertz CT molecular complexity index is 846. The van der Waals surface area contributed by atoms with Gasteiger partial charge in [0.25, 0.3) is 0 Å². The SMILES string of the molecule is CC[C@H](C)NC(=O)CSc1nnc(Cc2ccccc2)n1Cc1ccco1. The topological polar surface area (TPSA) is 73.0 Å². The van der Waals surface area contributed by atoms with Crippen molar-refractivity contribution in [2.45, 2.75) is 44.4 Å². The molecule has 0 fully saturated rings. The largest absolute Gasteiger partial charge is 0.467 e. The molecule has 0 saturated carbocycles. The van der Waals surface area contributed by atoms with E-state index >= 15 is 0 Å². The van der Waals surface area contributed by atoms with Crippen molar-refractivity contribution in [2.75, 3.05) is 5.75 Å². The molecule has 0 bridgehead atoms. The number of benzene rings is 1. The zero-order valence-electron chi connectivity index (χ0n) is 15.6. The summed E-state index contributed by atoms with van der Waals surface area (Å²) in [6.45, 7) is 4.59. The number of hydrogen-bond acceptors (Lipinski definition) is 5. The van der Waals surface area contributed by atoms with E-state index in [0.717, 1.165) is 28.7 Å². The maximum atomic E-state index is 12.1. The van der Waals surface area contributed by atoms with Crippen molar-refractivity contribution in [3.05, 3.63) is 65.9 Å². The summed E-state index contributed by atoms with van der Waals surface area (Å²) in [5.74, 6) is 2.00. The van der Waals surface area contributed by atoms with E-state index in [1.807, 2.05) is 48.7 Å². The summed E-state index contributed by atoms with van der Waals surface area (Å²) < 4.78 is 7.52. The quantitative estimate of drug-likeness (QED) is 0.572. The number of nitrogens with zero attached hydrogens (tertiary/aromatic N) is 3. The predicted octanol–water partition coefficient (Wildman–Crippen LogP) is 3.52. The molecular formula is C20H24N4O2S. The lowest BCUT2D eigenvalue weighted by Gasteiger charge is -2.11. The average Bonchev–Trinajstić information content (AvgIpc) is 3.32. The number of rotatable bonds is 9. The fourth-order valence-electron chi connectivity index (χ4n) is 2.60. The molecule has 0 aliphatic rings. The van der Waals surface area contributed by atoms with Crippen LogP contribution in [0.2, 0.25) is 0 Å². The van der Waals surface area contributed by atoms with Gasteiger partial charge in [-0.15, -0.1) is 10.2 Å². The third-order valence-electron chi connectivity index (χ3n) is 4.24. The molecule has 3 rings (SSSR count). The molecule has 1 amide bonds. The minimum atomic E-state index is 0.00603. The summed E-state index contributed by atoms with van der Waals surface area (Å²) >= 11 is 1.40. The van der Waals surface area contributed by atoms with Gasteiger partial charge in [0.15, 0.2) is 5.16 Å². The van der Waals surface area contributed by atoms with E-state index < -0.39 is 0 Å². The van der Waals surface area contributed by atoms with Crippen molar-refractivity contribution >= 4 is 17.7 Å². The van der Waals surface area contributed by atoms with E-state index in [0.29, 0.717) is 18.7 Å². The maximum absolute atomic E-state index is 12.1. The van der Waals surface area contributed by atoms with Crippen molar-refractivity contribution in [3.63, 3.8) is 0 Å². The highest BCUT2D eigenvalue weighted by Crippen LogP contribution is 2.20. The van der Waals surface area contributed by atoms with E-state index in [9.17, 15) is 4.79 Å². The van der Waals surface area contributed by atoms with E-state index in [1.165, 1.54) is 11.8 Å². The standard InChI is InChI=1S/C20H24N4O2S/c1-3-15(2)21-19(25)14-27-20-23-22-18(12-16-8-5-4-6-9-16)24(20)13-17-10-7-11-26-17/h4-11,15H,3,12-14H2,1-2H3,(H,21,25)/t15-/m0/s1. The zero-order chi connectivity index (χ0) is 19.1. The molecule has 0 radical (unpaired) electrons. The number of amides is 1. The normalized spacial score (nSPS) is 12.1. The number of furan rings is 1. The fraction of sp³-hybridized carbons (Fsp3) is 0.350. The van der Waals surface area contributed by atoms with Crippen LogP contribution in [0.15, 0.2) is 58.3 Å². The molecule has 1 aromatic carbocycles. The number of aromatic nitrogens is 3. The second kappa shape index (κ2) is 9.41. The highest BCUT2D eigenvalue weighted by Gasteiger charge is 2.16. The van der Waals surface area contributed by atoms with E-state index in [4.69, 9.17) is 4.42 Å². The monoisotopic (exact) mass is 384 g/mol. The van der Waals surface area contributed by atoms with Crippen LogP contribution in [0.25, 0.3) is 0 Å². The van der Waals surface area contributed by atoms with Crippen LogP contribution >= 0.6 is 11.8 Å². The predicted molar refractivity (Wildman–Crippen MR) is 106 cm³/mol. The second-order valence-electron chi connectivity index (χ2n) is 6.39. The molecule has 3 aromatic rings. The number of hydrogen-bond donors (Lipinski definition) is 1. The molecule has 1 N–H and O–H groups in total. The van der Waals surface area contributed by atoms with Gasteiger partial charge < -0.3 is 9.73 Å². The summed E-state index contributed by atoms with van der Waals surface area (Å²) in [5.41, 5.74) is 1.16. The van der Waals surface area contributed by atoms with Crippen molar-refractivity contribution in [3.8, 4) is 0 Å². The van der Waals surface area contributed by atoms with Crippen LogP contribution in [-0.4, -0.2) is 32.5 Å². The van der Waals surface area contributed by atoms with Gasteiger partial charge in [0, 0.05) is 12.5 Å². The third kappa shape index (κ3) is 5.47. The molecule has 0 saturated heterocycles. The van der Waals surface area contributed by atoms with Crippen LogP contribution in [0, 0.1) is 0 Å². The van der Waals surface area contributed by atoms with E-state index in [-0.39, 0.29) is 11.9 Å². The molecule has 6 nitrogen and oxygen atoms in total. The summed E-state index contributed by atoms with van der Waals surface area (Å²) in [6.07, 6.45) is 3.24. The van der Waals surface area contributed by atoms with Crippen molar-refractivity contribution in [2.24, 2.45) is 0 Å². The van der Waals surface area contributed by atoms with Gasteiger partial charge in [-0.05, 0) is 31.0 Å². The van der Waals surface area contributed by atoms with Gasteiger partial charge in [-0.25, -0.2) is 0 Å². The van der Waals surface area contributed by atoms with Crippen LogP contribution in [0.4, 0.5) is 0 Å². The van der Waals surface area contributed by atoms with Crippen LogP contribution in [-0.2, 0) is 17.8 Å². The summed E-state index contributed by atoms with van der Waals surface area (Å²) in [4.78, 5) is 12.1. The van der Waals surface area contributed by atoms with Crippen molar-refractivity contribution in [1.29, 1.82) is 0 Å². The molecule has 27 heavy (non-hydrogen) atoms. The summed E-state index contributed by atoms with van der Waals surface area (Å²) in [6, 6.07) is 14.1. The molecule has 142 valence electrons. The van der Waals surface area contributed by atoms with Gasteiger partial charge in [0.2, 0.25) is 5.91 Å². The molecule has 7 heteroatoms. The van der Waals surface area contributed by atoms with Crippen LogP contribution in [0.5, 0.6) is 0 Å². The number of carbonyl (C=O) groups excluding carboxylic acids is 1. The fourth-order valence-corrected chi connectivity index (χ4v) is 3.37. The molecule has 0 unspecified atom stereocenters. The first-order chi connectivity index (χ1) is 13.2. The second-order valence-corrected chi connectivity index (χ2v) is 7.33. The van der Waals surface area contributed by atoms with Gasteiger partial charge in [-0.2, -0.15) is 0 Å². The van der Waals surface area contributed by atoms with Gasteiger partial charge in [-0.1, -0.05) is 49.0 Å². The van der Waals surface area contributed by atoms with Crippen LogP contribution in [0.1, 0.15) is 37.4 Å². The smallest absolute Gasteiger partial charge is 0.230 e. The first-order valence-corrected chi connectivity index (χ1v) is 10.0. The number of thioether (sulfide) groups is 1. The Balaban J connectivity index is 1.75. The minimum Gasteiger partial charge on any atom is -0.467 e. The van der Waals surface area contributed by atoms with Gasteiger partial charge in [-0.3, -0.25) is 9.36 Å². The molecule has 0 aliphatic heterocycles. The first-order valence-electron chi connectivity index (χ1n) is 9.06. The van der Waals surface area contributed by atoms with Gasteiger partial charge in [0.05, 0.1) is 18.6 Å². The molecule has 2 heterocycles. The highest BCUT2D eigenvalue weighted by atomic mass is 32.2. The molecule has 0 spiro atoms. The number of carbonyl (C=O) groups is 1. The lowest BCUT2D eigenvalue weighted by Crippen LogP contribution is -2.33. The zero-order valence-corrected chi connectivity index (χ0v) is 16.4. The first kappa shape index (κ1) is 19.2. The average molecular weight is 385 g/mol. The molecule has 1 atom stereocenters. The molecule has 2 aromatic heterocycles. The van der Waals surface area contributed by atoms with Crippen LogP contribution in [0.3, 0.4) is 0 Å². The lowest BCUT2D eigenvalue weighted by atomic mass is 10.1. The Hall–Kier alpha value is -2.54. The minimum absolute atomic E-state index is 0.00603. The Morgan fingerprint density at radius 1 is 1.22 bits per heavy atom. The van der Waals surface area contributed by atoms with Crippen molar-refractivity contribution < 1.29 is 9.21 Å². The Kier molecular flexibility index (Phi) is 6.70. The molecular weight excluding hydrogens is 360 g/mol. The van der Waals surface area contributed by atoms with Crippen LogP contribution < -0.4 is 5.32 Å². The van der Waals surface area contributed by atoms with Crippen molar-refractivity contribution in [1.82, 2.24) is 20.1 Å². The lowest BCUT2D eigenvalue weighted by molar-refractivity contribution is -0.119. The third-order valence-corrected chi connectivity index (χ3v) is 5.21.